The Bertz CT molecular complexity index is 454. The van der Waals surface area contributed by atoms with Crippen molar-refractivity contribution in [2.75, 3.05) is 5.32 Å². The van der Waals surface area contributed by atoms with Crippen LogP contribution in [0, 0.1) is 0 Å². The summed E-state index contributed by atoms with van der Waals surface area (Å²) in [5.74, 6) is 0.654. The zero-order valence-corrected chi connectivity index (χ0v) is 9.64. The van der Waals surface area contributed by atoms with Crippen LogP contribution in [0.4, 0.5) is 5.69 Å². The third kappa shape index (κ3) is 2.50. The third-order valence-electron chi connectivity index (χ3n) is 1.76. The van der Waals surface area contributed by atoms with Crippen molar-refractivity contribution in [1.29, 1.82) is 0 Å². The van der Waals surface area contributed by atoms with Gasteiger partial charge in [0.1, 0.15) is 0 Å². The Morgan fingerprint density at radius 2 is 2.40 bits per heavy atom. The van der Waals surface area contributed by atoms with Crippen LogP contribution >= 0.6 is 15.9 Å². The zero-order valence-electron chi connectivity index (χ0n) is 8.05. The number of nitrogens with one attached hydrogen (secondary N) is 1. The smallest absolute Gasteiger partial charge is 0.193 e. The number of hydrogen-bond acceptors (Lipinski definition) is 5. The van der Waals surface area contributed by atoms with E-state index >= 15 is 0 Å². The minimum absolute atomic E-state index is 0.538. The zero-order chi connectivity index (χ0) is 10.7. The summed E-state index contributed by atoms with van der Waals surface area (Å²) in [6, 6.07) is 1.88. The molecule has 0 aliphatic carbocycles. The van der Waals surface area contributed by atoms with E-state index in [9.17, 15) is 0 Å². The monoisotopic (exact) mass is 268 g/mol. The fourth-order valence-corrected chi connectivity index (χ4v) is 1.48. The van der Waals surface area contributed by atoms with Gasteiger partial charge in [-0.1, -0.05) is 0 Å². The Hall–Kier alpha value is -1.50. The molecule has 6 nitrogen and oxygen atoms in total. The molecule has 0 spiro atoms. The van der Waals surface area contributed by atoms with Crippen molar-refractivity contribution >= 4 is 21.6 Å². The molecule has 2 aromatic rings. The molecule has 0 atom stereocenters. The van der Waals surface area contributed by atoms with Crippen LogP contribution in [0.5, 0.6) is 0 Å². The predicted molar refractivity (Wildman–Crippen MR) is 58.1 cm³/mol. The Morgan fingerprint density at radius 3 is 3.07 bits per heavy atom. The first-order valence-corrected chi connectivity index (χ1v) is 5.11. The van der Waals surface area contributed by atoms with Crippen molar-refractivity contribution in [3.8, 4) is 0 Å². The first kappa shape index (κ1) is 10.0. The summed E-state index contributed by atoms with van der Waals surface area (Å²) in [4.78, 5) is 5.40. The summed E-state index contributed by atoms with van der Waals surface area (Å²) in [5.41, 5.74) is 0.956. The van der Waals surface area contributed by atoms with Gasteiger partial charge in [0.15, 0.2) is 5.82 Å². The van der Waals surface area contributed by atoms with Crippen molar-refractivity contribution in [1.82, 2.24) is 25.2 Å². The van der Waals surface area contributed by atoms with Crippen LogP contribution in [0.1, 0.15) is 5.82 Å². The Morgan fingerprint density at radius 1 is 1.53 bits per heavy atom. The summed E-state index contributed by atoms with van der Waals surface area (Å²) in [6.45, 7) is 0.538. The molecule has 7 heteroatoms. The maximum absolute atomic E-state index is 4.06. The predicted octanol–water partition coefficient (Wildman–Crippen LogP) is 0.980. The average molecular weight is 269 g/mol. The van der Waals surface area contributed by atoms with Gasteiger partial charge in [0.25, 0.3) is 0 Å². The number of aryl methyl sites for hydroxylation is 1. The van der Waals surface area contributed by atoms with Gasteiger partial charge in [-0.3, -0.25) is 4.98 Å². The molecule has 0 aliphatic heterocycles. The third-order valence-corrected chi connectivity index (χ3v) is 2.39. The number of anilines is 1. The second kappa shape index (κ2) is 4.35. The van der Waals surface area contributed by atoms with Crippen LogP contribution in [-0.4, -0.2) is 25.2 Å². The molecule has 0 aliphatic rings. The second-order valence-corrected chi connectivity index (χ2v) is 3.76. The molecular weight excluding hydrogens is 260 g/mol. The molecule has 0 fully saturated rings. The van der Waals surface area contributed by atoms with Gasteiger partial charge in [0, 0.05) is 12.4 Å². The van der Waals surface area contributed by atoms with Gasteiger partial charge in [-0.15, -0.1) is 10.2 Å². The van der Waals surface area contributed by atoms with Gasteiger partial charge in [0.2, 0.25) is 0 Å². The minimum Gasteiger partial charge on any atom is -0.377 e. The largest absolute Gasteiger partial charge is 0.377 e. The van der Waals surface area contributed by atoms with E-state index in [0.717, 1.165) is 10.2 Å². The van der Waals surface area contributed by atoms with E-state index in [4.69, 9.17) is 0 Å². The summed E-state index contributed by atoms with van der Waals surface area (Å²) in [5, 5.41) is 14.8. The van der Waals surface area contributed by atoms with Crippen LogP contribution in [-0.2, 0) is 13.6 Å². The lowest BCUT2D eigenvalue weighted by atomic mass is 10.4. The lowest BCUT2D eigenvalue weighted by molar-refractivity contribution is 0.628. The Labute approximate surface area is 94.8 Å². The summed E-state index contributed by atoms with van der Waals surface area (Å²) in [7, 11) is 1.73. The van der Waals surface area contributed by atoms with Crippen molar-refractivity contribution in [3.63, 3.8) is 0 Å². The first-order valence-electron chi connectivity index (χ1n) is 4.32. The van der Waals surface area contributed by atoms with E-state index in [1.165, 1.54) is 4.80 Å². The van der Waals surface area contributed by atoms with Gasteiger partial charge in [-0.25, -0.2) is 0 Å². The number of nitrogens with zero attached hydrogens (tertiary/aromatic N) is 5. The van der Waals surface area contributed by atoms with Crippen molar-refractivity contribution in [2.45, 2.75) is 6.54 Å². The van der Waals surface area contributed by atoms with Gasteiger partial charge >= 0.3 is 0 Å². The molecule has 0 bridgehead atoms. The average Bonchev–Trinajstić information content (AvgIpc) is 2.63. The van der Waals surface area contributed by atoms with Crippen LogP contribution in [0.25, 0.3) is 0 Å². The van der Waals surface area contributed by atoms with Crippen LogP contribution in [0.2, 0.25) is 0 Å². The summed E-state index contributed by atoms with van der Waals surface area (Å²) >= 11 is 3.39. The topological polar surface area (TPSA) is 68.5 Å². The van der Waals surface area contributed by atoms with E-state index in [0.29, 0.717) is 12.4 Å². The van der Waals surface area contributed by atoms with E-state index in [1.807, 2.05) is 6.07 Å². The number of tetrazole rings is 1. The molecule has 0 saturated carbocycles. The van der Waals surface area contributed by atoms with Crippen LogP contribution in [0.3, 0.4) is 0 Å². The van der Waals surface area contributed by atoms with Gasteiger partial charge in [0.05, 0.1) is 23.8 Å². The normalized spacial score (nSPS) is 10.3. The molecule has 78 valence electrons. The highest BCUT2D eigenvalue weighted by molar-refractivity contribution is 9.10. The molecule has 0 aromatic carbocycles. The van der Waals surface area contributed by atoms with E-state index < -0.39 is 0 Å². The summed E-state index contributed by atoms with van der Waals surface area (Å²) in [6.07, 6.45) is 3.45. The number of aromatic nitrogens is 5. The SMILES string of the molecule is Cn1nnc(CNc2ccncc2Br)n1. The molecule has 2 aromatic heterocycles. The van der Waals surface area contributed by atoms with Gasteiger partial charge in [-0.05, 0) is 27.2 Å². The van der Waals surface area contributed by atoms with Crippen molar-refractivity contribution in [3.05, 3.63) is 28.8 Å². The fraction of sp³-hybridized carbons (Fsp3) is 0.250. The maximum Gasteiger partial charge on any atom is 0.193 e. The Kier molecular flexibility index (Phi) is 2.91. The lowest BCUT2D eigenvalue weighted by Gasteiger charge is -2.04. The van der Waals surface area contributed by atoms with Crippen molar-refractivity contribution < 1.29 is 0 Å². The molecule has 2 heterocycles. The maximum atomic E-state index is 4.06. The van der Waals surface area contributed by atoms with Gasteiger partial charge < -0.3 is 5.32 Å². The molecule has 0 saturated heterocycles. The highest BCUT2D eigenvalue weighted by atomic mass is 79.9. The van der Waals surface area contributed by atoms with E-state index in [2.05, 4.69) is 41.6 Å². The second-order valence-electron chi connectivity index (χ2n) is 2.90. The Balaban J connectivity index is 2.02. The number of rotatable bonds is 3. The number of halogens is 1. The molecular formula is C8H9BrN6. The minimum atomic E-state index is 0.538. The lowest BCUT2D eigenvalue weighted by Crippen LogP contribution is -2.02. The highest BCUT2D eigenvalue weighted by Crippen LogP contribution is 2.19. The molecule has 2 rings (SSSR count). The standard InChI is InChI=1S/C8H9BrN6/c1-15-13-8(12-14-15)5-11-7-2-3-10-4-6(7)9/h2-4H,5H2,1H3,(H,10,11). The van der Waals surface area contributed by atoms with Crippen molar-refractivity contribution in [2.24, 2.45) is 7.05 Å². The number of pyridine rings is 1. The first-order chi connectivity index (χ1) is 7.25. The van der Waals surface area contributed by atoms with E-state index in [-0.39, 0.29) is 0 Å². The summed E-state index contributed by atoms with van der Waals surface area (Å²) < 4.78 is 0.911. The molecule has 0 radical (unpaired) electrons. The van der Waals surface area contributed by atoms with Gasteiger partial charge in [-0.2, -0.15) is 4.80 Å². The molecule has 0 amide bonds. The quantitative estimate of drug-likeness (QED) is 0.899. The van der Waals surface area contributed by atoms with Crippen LogP contribution in [0.15, 0.2) is 22.9 Å². The molecule has 0 unspecified atom stereocenters. The van der Waals surface area contributed by atoms with E-state index in [1.54, 1.807) is 19.4 Å². The number of hydrogen-bond donors (Lipinski definition) is 1. The highest BCUT2D eigenvalue weighted by Gasteiger charge is 2.02. The molecule has 15 heavy (non-hydrogen) atoms. The molecule has 1 N–H and O–H groups in total. The van der Waals surface area contributed by atoms with Crippen LogP contribution < -0.4 is 5.32 Å². The fourth-order valence-electron chi connectivity index (χ4n) is 1.09.